The second-order valence-electron chi connectivity index (χ2n) is 22.5. The van der Waals surface area contributed by atoms with Gasteiger partial charge in [0.05, 0.1) is 66.1 Å². The van der Waals surface area contributed by atoms with Crippen LogP contribution in [0.15, 0.2) is 43.1 Å². The second-order valence-corrected chi connectivity index (χ2v) is 22.5. The van der Waals surface area contributed by atoms with E-state index in [0.717, 1.165) is 11.3 Å². The SMILES string of the molecule is CC[C@H]1OC(=O)[C@H](C)[C@@H](O[C@H]2C[C@@](C)(OC)[C@@H](O)[C@H](C)O2)[C@H](C)[C@@H](O[C@@H]2O[C@H](C)C[C@H](N(C)CCc3cn([C@H](CF)COCc4ccc(-n5cncn5)cc4)nn3)[C@H]2O)[C@](C)(O)C[C@@H](C)CN(C)[C@H](C)[C@@H](O)[C@]1(C)O. The first-order chi connectivity index (χ1) is 35.3. The molecule has 21 nitrogen and oxygen atoms in total. The van der Waals surface area contributed by atoms with Crippen molar-refractivity contribution >= 4 is 5.97 Å². The van der Waals surface area contributed by atoms with E-state index in [-0.39, 0.29) is 38.4 Å². The number of hydrogen-bond acceptors (Lipinski definition) is 19. The maximum absolute atomic E-state index is 14.5. The van der Waals surface area contributed by atoms with Crippen molar-refractivity contribution in [3.8, 4) is 5.69 Å². The van der Waals surface area contributed by atoms with Crippen LogP contribution in [0.3, 0.4) is 0 Å². The lowest BCUT2D eigenvalue weighted by atomic mass is 9.77. The number of rotatable bonds is 17. The lowest BCUT2D eigenvalue weighted by molar-refractivity contribution is -0.318. The number of methoxy groups -OCH3 is 1. The van der Waals surface area contributed by atoms with Gasteiger partial charge in [-0.15, -0.1) is 5.10 Å². The van der Waals surface area contributed by atoms with Gasteiger partial charge in [0.25, 0.3) is 0 Å². The number of hydrogen-bond donors (Lipinski definition) is 5. The number of halogens is 1. The van der Waals surface area contributed by atoms with Crippen LogP contribution >= 0.6 is 0 Å². The number of esters is 1. The molecule has 424 valence electrons. The van der Waals surface area contributed by atoms with Crippen molar-refractivity contribution in [2.45, 2.75) is 204 Å². The molecule has 19 atom stereocenters. The zero-order valence-corrected chi connectivity index (χ0v) is 46.3. The van der Waals surface area contributed by atoms with E-state index < -0.39 is 121 Å². The number of alkyl halides is 1. The average Bonchev–Trinajstić information content (AvgIpc) is 4.09. The summed E-state index contributed by atoms with van der Waals surface area (Å²) in [5.41, 5.74) is -2.20. The van der Waals surface area contributed by atoms with Gasteiger partial charge in [-0.1, -0.05) is 38.1 Å². The van der Waals surface area contributed by atoms with Crippen molar-refractivity contribution in [1.29, 1.82) is 0 Å². The molecule has 5 N–H and O–H groups in total. The van der Waals surface area contributed by atoms with Crippen molar-refractivity contribution in [2.24, 2.45) is 17.8 Å². The number of aliphatic hydroxyl groups excluding tert-OH is 3. The quantitative estimate of drug-likeness (QED) is 0.122. The first kappa shape index (κ1) is 60.6. The van der Waals surface area contributed by atoms with E-state index in [2.05, 4.69) is 20.4 Å². The van der Waals surface area contributed by atoms with Crippen LogP contribution in [0.1, 0.15) is 112 Å². The molecule has 0 saturated carbocycles. The molecule has 0 aliphatic carbocycles. The predicted molar refractivity (Wildman–Crippen MR) is 273 cm³/mol. The number of nitrogens with zero attached hydrogens (tertiary/aromatic N) is 8. The van der Waals surface area contributed by atoms with Gasteiger partial charge < -0.3 is 68.5 Å². The minimum absolute atomic E-state index is 0.0761. The number of cyclic esters (lactones) is 1. The lowest BCUT2D eigenvalue weighted by Gasteiger charge is -2.49. The first-order valence-corrected chi connectivity index (χ1v) is 26.6. The summed E-state index contributed by atoms with van der Waals surface area (Å²) in [4.78, 5) is 22.4. The van der Waals surface area contributed by atoms with Gasteiger partial charge in [0.1, 0.15) is 55.4 Å². The van der Waals surface area contributed by atoms with E-state index in [9.17, 15) is 34.7 Å². The third-order valence-electron chi connectivity index (χ3n) is 16.1. The predicted octanol–water partition coefficient (Wildman–Crippen LogP) is 3.41. The van der Waals surface area contributed by atoms with Crippen molar-refractivity contribution in [3.05, 3.63) is 54.4 Å². The van der Waals surface area contributed by atoms with Crippen LogP contribution < -0.4 is 0 Å². The van der Waals surface area contributed by atoms with Crippen molar-refractivity contribution in [3.63, 3.8) is 0 Å². The Morgan fingerprint density at radius 3 is 2.33 bits per heavy atom. The Kier molecular flexibility index (Phi) is 20.9. The molecule has 3 aliphatic rings. The maximum Gasteiger partial charge on any atom is 0.311 e. The van der Waals surface area contributed by atoms with Gasteiger partial charge >= 0.3 is 5.97 Å². The van der Waals surface area contributed by atoms with E-state index in [1.165, 1.54) is 25.0 Å². The van der Waals surface area contributed by atoms with E-state index in [4.69, 9.17) is 33.2 Å². The Labute approximate surface area is 441 Å². The van der Waals surface area contributed by atoms with E-state index in [1.807, 2.05) is 62.0 Å². The smallest absolute Gasteiger partial charge is 0.311 e. The van der Waals surface area contributed by atoms with Crippen LogP contribution in [0.4, 0.5) is 4.39 Å². The van der Waals surface area contributed by atoms with Crippen LogP contribution in [-0.4, -0.2) is 209 Å². The van der Waals surface area contributed by atoms with Gasteiger partial charge in [0.15, 0.2) is 12.6 Å². The summed E-state index contributed by atoms with van der Waals surface area (Å²) < 4.78 is 61.7. The van der Waals surface area contributed by atoms with Gasteiger partial charge in [-0.3, -0.25) is 4.79 Å². The molecule has 3 aliphatic heterocycles. The number of carbonyl (C=O) groups excluding carboxylic acids is 1. The molecular weight excluding hydrogens is 976 g/mol. The molecule has 0 unspecified atom stereocenters. The topological polar surface area (TPSA) is 251 Å². The molecular formula is C53H87FN8O13. The Balaban J connectivity index is 1.21. The highest BCUT2D eigenvalue weighted by atomic mass is 19.1. The van der Waals surface area contributed by atoms with Crippen molar-refractivity contribution < 1.29 is 67.9 Å². The van der Waals surface area contributed by atoms with E-state index in [0.29, 0.717) is 31.6 Å². The molecule has 3 saturated heterocycles. The lowest BCUT2D eigenvalue weighted by Crippen LogP contribution is -2.61. The highest BCUT2D eigenvalue weighted by molar-refractivity contribution is 5.73. The molecule has 22 heteroatoms. The summed E-state index contributed by atoms with van der Waals surface area (Å²) in [6.07, 6.45) is -4.21. The summed E-state index contributed by atoms with van der Waals surface area (Å²) >= 11 is 0. The standard InChI is InChI=1S/C53H87FN8O13/c1-14-42-53(10,68)46(64)35(6)60(12)25-31(2)22-51(8,67)48(33(4)45(34(5)49(66)73-42)74-43-23-52(9,69-13)47(65)36(7)72-43)75-50-44(63)41(21-32(3)71-50)59(11)20-19-38-26-61(58-57-38)40(24-54)28-70-27-37-15-17-39(18-16-37)62-30-55-29-56-62/h15-18,26,29-36,40-48,50,63-65,67-68H,14,19-25,27-28H2,1-13H3/t31-,32-,33+,34-,35-,36+,40-,41+,42-,43+,44-,45+,46-,47+,48-,50+,51-,52-,53-/m1/s1. The van der Waals surface area contributed by atoms with Crippen LogP contribution in [-0.2, 0) is 51.0 Å². The van der Waals surface area contributed by atoms with Gasteiger partial charge in [0, 0.05) is 57.2 Å². The number of likely N-dealkylation sites (N-methyl/N-ethyl adjacent to an activating group) is 2. The Hall–Kier alpha value is -3.62. The number of carbonyl (C=O) groups is 1. The Morgan fingerprint density at radius 1 is 0.987 bits per heavy atom. The third-order valence-corrected chi connectivity index (χ3v) is 16.1. The summed E-state index contributed by atoms with van der Waals surface area (Å²) in [5, 5.41) is 72.5. The minimum atomic E-state index is -1.85. The molecule has 3 fully saturated rings. The third kappa shape index (κ3) is 14.6. The normalized spacial score (nSPS) is 38.5. The molecule has 1 aromatic carbocycles. The fraction of sp³-hybridized carbons (Fsp3) is 0.792. The molecule has 6 rings (SSSR count). The number of benzene rings is 1. The summed E-state index contributed by atoms with van der Waals surface area (Å²) in [7, 11) is 5.21. The zero-order chi connectivity index (χ0) is 55.2. The fourth-order valence-electron chi connectivity index (χ4n) is 11.3. The van der Waals surface area contributed by atoms with Gasteiger partial charge in [0.2, 0.25) is 0 Å². The number of aromatic nitrogens is 6. The van der Waals surface area contributed by atoms with Crippen molar-refractivity contribution in [2.75, 3.05) is 47.6 Å². The van der Waals surface area contributed by atoms with Crippen molar-refractivity contribution in [1.82, 2.24) is 39.6 Å². The maximum atomic E-state index is 14.5. The molecule has 0 bridgehead atoms. The largest absolute Gasteiger partial charge is 0.459 e. The average molecular weight is 1060 g/mol. The molecule has 3 aromatic rings. The number of ether oxygens (including phenoxy) is 7. The van der Waals surface area contributed by atoms with E-state index in [1.54, 1.807) is 65.7 Å². The monoisotopic (exact) mass is 1060 g/mol. The Bertz CT molecular complexity index is 2210. The fourth-order valence-corrected chi connectivity index (χ4v) is 11.3. The molecule has 2 aromatic heterocycles. The Morgan fingerprint density at radius 2 is 1.69 bits per heavy atom. The van der Waals surface area contributed by atoms with Gasteiger partial charge in [-0.25, -0.2) is 18.7 Å². The summed E-state index contributed by atoms with van der Waals surface area (Å²) in [6, 6.07) is 5.87. The minimum Gasteiger partial charge on any atom is -0.459 e. The molecule has 0 amide bonds. The van der Waals surface area contributed by atoms with Gasteiger partial charge in [-0.2, -0.15) is 5.10 Å². The van der Waals surface area contributed by atoms with Crippen LogP contribution in [0.25, 0.3) is 5.69 Å². The summed E-state index contributed by atoms with van der Waals surface area (Å²) in [6.45, 7) is 17.9. The second kappa shape index (κ2) is 25.9. The summed E-state index contributed by atoms with van der Waals surface area (Å²) in [5.74, 6) is -2.87. The molecule has 75 heavy (non-hydrogen) atoms. The van der Waals surface area contributed by atoms with Gasteiger partial charge in [-0.05, 0) is 105 Å². The van der Waals surface area contributed by atoms with E-state index >= 15 is 0 Å². The van der Waals surface area contributed by atoms with Crippen LogP contribution in [0.5, 0.6) is 0 Å². The van der Waals surface area contributed by atoms with Crippen LogP contribution in [0.2, 0.25) is 0 Å². The number of aliphatic hydroxyl groups is 5. The highest BCUT2D eigenvalue weighted by Crippen LogP contribution is 2.40. The first-order valence-electron chi connectivity index (χ1n) is 26.6. The molecule has 0 spiro atoms. The van der Waals surface area contributed by atoms with Crippen LogP contribution in [0, 0.1) is 17.8 Å². The molecule has 5 heterocycles. The highest BCUT2D eigenvalue weighted by Gasteiger charge is 2.53. The zero-order valence-electron chi connectivity index (χ0n) is 46.3. The molecule has 0 radical (unpaired) electrons.